The Morgan fingerprint density at radius 2 is 1.95 bits per heavy atom. The van der Waals surface area contributed by atoms with Gasteiger partial charge in [0.1, 0.15) is 11.4 Å². The molecule has 0 bridgehead atoms. The molecular weight excluding hydrogens is 254 g/mol. The van der Waals surface area contributed by atoms with E-state index in [1.165, 1.54) is 30.6 Å². The molecule has 3 heteroatoms. The monoisotopic (exact) mass is 279 g/mol. The standard InChI is InChI=1S/C16H25NOS/c1-3-12-17-13-11-16(9-4-10-16)18-14-5-7-15(19-2)8-6-14/h5-8,17H,3-4,9-13H2,1-2H3. The van der Waals surface area contributed by atoms with Crippen LogP contribution < -0.4 is 10.1 Å². The van der Waals surface area contributed by atoms with Gasteiger partial charge in [0.25, 0.3) is 0 Å². The first-order valence-electron chi connectivity index (χ1n) is 7.32. The van der Waals surface area contributed by atoms with Crippen molar-refractivity contribution in [2.75, 3.05) is 19.3 Å². The Morgan fingerprint density at radius 1 is 1.21 bits per heavy atom. The number of ether oxygens (including phenoxy) is 1. The number of rotatable bonds is 8. The molecule has 1 fully saturated rings. The van der Waals surface area contributed by atoms with Crippen molar-refractivity contribution in [3.05, 3.63) is 24.3 Å². The summed E-state index contributed by atoms with van der Waals surface area (Å²) in [5.74, 6) is 1.02. The first-order valence-corrected chi connectivity index (χ1v) is 8.54. The largest absolute Gasteiger partial charge is 0.487 e. The van der Waals surface area contributed by atoms with Crippen LogP contribution in [0.2, 0.25) is 0 Å². The Hall–Kier alpha value is -0.670. The van der Waals surface area contributed by atoms with Gasteiger partial charge in [-0.2, -0.15) is 0 Å². The molecule has 0 aromatic heterocycles. The molecule has 19 heavy (non-hydrogen) atoms. The van der Waals surface area contributed by atoms with Gasteiger partial charge in [-0.25, -0.2) is 0 Å². The van der Waals surface area contributed by atoms with E-state index in [1.807, 2.05) is 0 Å². The minimum Gasteiger partial charge on any atom is -0.487 e. The maximum Gasteiger partial charge on any atom is 0.120 e. The van der Waals surface area contributed by atoms with E-state index in [4.69, 9.17) is 4.74 Å². The molecular formula is C16H25NOS. The lowest BCUT2D eigenvalue weighted by atomic mass is 9.77. The number of hydrogen-bond donors (Lipinski definition) is 1. The third-order valence-electron chi connectivity index (χ3n) is 3.84. The quantitative estimate of drug-likeness (QED) is 0.572. The van der Waals surface area contributed by atoms with Crippen LogP contribution in [-0.2, 0) is 0 Å². The highest BCUT2D eigenvalue weighted by atomic mass is 32.2. The van der Waals surface area contributed by atoms with Crippen LogP contribution in [0.3, 0.4) is 0 Å². The predicted octanol–water partition coefficient (Wildman–Crippen LogP) is 4.10. The Kier molecular flexibility index (Phi) is 5.59. The van der Waals surface area contributed by atoms with Crippen LogP contribution in [0.4, 0.5) is 0 Å². The third-order valence-corrected chi connectivity index (χ3v) is 4.59. The second-order valence-corrected chi connectivity index (χ2v) is 6.19. The van der Waals surface area contributed by atoms with Crippen molar-refractivity contribution in [3.8, 4) is 5.75 Å². The second-order valence-electron chi connectivity index (χ2n) is 5.31. The molecule has 1 N–H and O–H groups in total. The Morgan fingerprint density at radius 3 is 2.47 bits per heavy atom. The molecule has 0 unspecified atom stereocenters. The van der Waals surface area contributed by atoms with Crippen molar-refractivity contribution in [3.63, 3.8) is 0 Å². The lowest BCUT2D eigenvalue weighted by molar-refractivity contribution is -0.0142. The number of benzene rings is 1. The fourth-order valence-corrected chi connectivity index (χ4v) is 2.89. The summed E-state index contributed by atoms with van der Waals surface area (Å²) in [4.78, 5) is 1.29. The maximum absolute atomic E-state index is 6.27. The molecule has 2 nitrogen and oxygen atoms in total. The molecule has 0 spiro atoms. The summed E-state index contributed by atoms with van der Waals surface area (Å²) in [5.41, 5.74) is 0.0988. The normalized spacial score (nSPS) is 16.9. The molecule has 0 heterocycles. The van der Waals surface area contributed by atoms with E-state index in [2.05, 4.69) is 42.8 Å². The van der Waals surface area contributed by atoms with Gasteiger partial charge in [0.05, 0.1) is 0 Å². The number of nitrogens with one attached hydrogen (secondary N) is 1. The molecule has 0 radical (unpaired) electrons. The smallest absolute Gasteiger partial charge is 0.120 e. The van der Waals surface area contributed by atoms with Gasteiger partial charge in [0.2, 0.25) is 0 Å². The average Bonchev–Trinajstić information content (AvgIpc) is 2.41. The van der Waals surface area contributed by atoms with Gasteiger partial charge in [-0.05, 0) is 75.7 Å². The Labute approximate surface area is 121 Å². The number of thioether (sulfide) groups is 1. The van der Waals surface area contributed by atoms with E-state index in [9.17, 15) is 0 Å². The fraction of sp³-hybridized carbons (Fsp3) is 0.625. The first kappa shape index (κ1) is 14.7. The zero-order valence-corrected chi connectivity index (χ0v) is 12.9. The predicted molar refractivity (Wildman–Crippen MR) is 83.2 cm³/mol. The van der Waals surface area contributed by atoms with E-state index in [1.54, 1.807) is 11.8 Å². The van der Waals surface area contributed by atoms with Crippen LogP contribution >= 0.6 is 11.8 Å². The van der Waals surface area contributed by atoms with Crippen LogP contribution in [0.25, 0.3) is 0 Å². The lowest BCUT2D eigenvalue weighted by Gasteiger charge is -2.42. The highest BCUT2D eigenvalue weighted by Crippen LogP contribution is 2.39. The van der Waals surface area contributed by atoms with Crippen LogP contribution in [0.5, 0.6) is 5.75 Å². The molecule has 0 amide bonds. The molecule has 1 aromatic rings. The van der Waals surface area contributed by atoms with E-state index in [0.29, 0.717) is 0 Å². The molecule has 1 aromatic carbocycles. The average molecular weight is 279 g/mol. The molecule has 1 saturated carbocycles. The molecule has 106 valence electrons. The highest BCUT2D eigenvalue weighted by Gasteiger charge is 2.38. The summed E-state index contributed by atoms with van der Waals surface area (Å²) in [6.07, 6.45) is 8.12. The second kappa shape index (κ2) is 7.20. The van der Waals surface area contributed by atoms with Crippen molar-refractivity contribution in [2.24, 2.45) is 0 Å². The summed E-state index contributed by atoms with van der Waals surface area (Å²) < 4.78 is 6.27. The molecule has 1 aliphatic carbocycles. The fourth-order valence-electron chi connectivity index (χ4n) is 2.49. The van der Waals surface area contributed by atoms with E-state index < -0.39 is 0 Å². The summed E-state index contributed by atoms with van der Waals surface area (Å²) in [6, 6.07) is 8.49. The van der Waals surface area contributed by atoms with Gasteiger partial charge < -0.3 is 10.1 Å². The van der Waals surface area contributed by atoms with Crippen molar-refractivity contribution in [2.45, 2.75) is 49.5 Å². The maximum atomic E-state index is 6.27. The summed E-state index contributed by atoms with van der Waals surface area (Å²) in [5, 5.41) is 3.48. The van der Waals surface area contributed by atoms with Gasteiger partial charge in [0.15, 0.2) is 0 Å². The molecule has 0 saturated heterocycles. The zero-order valence-electron chi connectivity index (χ0n) is 12.1. The van der Waals surface area contributed by atoms with E-state index in [0.717, 1.165) is 25.3 Å². The van der Waals surface area contributed by atoms with Gasteiger partial charge >= 0.3 is 0 Å². The van der Waals surface area contributed by atoms with Crippen LogP contribution in [0.1, 0.15) is 39.0 Å². The Balaban J connectivity index is 1.86. The van der Waals surface area contributed by atoms with Crippen molar-refractivity contribution in [1.29, 1.82) is 0 Å². The van der Waals surface area contributed by atoms with Gasteiger partial charge in [-0.15, -0.1) is 11.8 Å². The minimum absolute atomic E-state index is 0.0988. The van der Waals surface area contributed by atoms with Crippen molar-refractivity contribution in [1.82, 2.24) is 5.32 Å². The summed E-state index contributed by atoms with van der Waals surface area (Å²) >= 11 is 1.77. The van der Waals surface area contributed by atoms with Gasteiger partial charge in [0, 0.05) is 4.90 Å². The number of hydrogen-bond acceptors (Lipinski definition) is 3. The molecule has 0 atom stereocenters. The van der Waals surface area contributed by atoms with E-state index in [-0.39, 0.29) is 5.60 Å². The Bertz CT molecular complexity index is 373. The van der Waals surface area contributed by atoms with E-state index >= 15 is 0 Å². The van der Waals surface area contributed by atoms with Crippen LogP contribution in [0, 0.1) is 0 Å². The van der Waals surface area contributed by atoms with Crippen LogP contribution in [-0.4, -0.2) is 24.9 Å². The highest BCUT2D eigenvalue weighted by molar-refractivity contribution is 7.98. The third kappa shape index (κ3) is 4.15. The summed E-state index contributed by atoms with van der Waals surface area (Å²) in [6.45, 7) is 4.38. The van der Waals surface area contributed by atoms with Crippen molar-refractivity contribution >= 4 is 11.8 Å². The first-order chi connectivity index (χ1) is 9.28. The van der Waals surface area contributed by atoms with Gasteiger partial charge in [-0.3, -0.25) is 0 Å². The molecule has 1 aliphatic rings. The van der Waals surface area contributed by atoms with Crippen molar-refractivity contribution < 1.29 is 4.74 Å². The van der Waals surface area contributed by atoms with Gasteiger partial charge in [-0.1, -0.05) is 6.92 Å². The lowest BCUT2D eigenvalue weighted by Crippen LogP contribution is -2.45. The topological polar surface area (TPSA) is 21.3 Å². The van der Waals surface area contributed by atoms with Crippen LogP contribution in [0.15, 0.2) is 29.2 Å². The molecule has 2 rings (SSSR count). The zero-order chi connectivity index (χ0) is 13.6. The SMILES string of the molecule is CCCNCCC1(Oc2ccc(SC)cc2)CCC1. The minimum atomic E-state index is 0.0988. The summed E-state index contributed by atoms with van der Waals surface area (Å²) in [7, 11) is 0. The molecule has 0 aliphatic heterocycles.